The van der Waals surface area contributed by atoms with Crippen molar-refractivity contribution in [3.63, 3.8) is 0 Å². The Hall–Kier alpha value is -1.64. The molecule has 0 atom stereocenters. The van der Waals surface area contributed by atoms with E-state index in [2.05, 4.69) is 12.7 Å². The van der Waals surface area contributed by atoms with Crippen molar-refractivity contribution in [1.82, 2.24) is 0 Å². The van der Waals surface area contributed by atoms with E-state index in [0.717, 1.165) is 32.1 Å². The molecule has 0 amide bonds. The summed E-state index contributed by atoms with van der Waals surface area (Å²) in [6.07, 6.45) is 11.0. The summed E-state index contributed by atoms with van der Waals surface area (Å²) in [5.74, 6) is -0.527. The van der Waals surface area contributed by atoms with Crippen molar-refractivity contribution >= 4 is 11.8 Å². The second kappa shape index (κ2) is 10.4. The Labute approximate surface area is 153 Å². The highest BCUT2D eigenvalue weighted by atomic mass is 16.4. The highest BCUT2D eigenvalue weighted by Crippen LogP contribution is 2.29. The lowest BCUT2D eigenvalue weighted by molar-refractivity contribution is -0.147. The van der Waals surface area contributed by atoms with Crippen LogP contribution < -0.4 is 0 Å². The smallest absolute Gasteiger partial charge is 0.309 e. The van der Waals surface area contributed by atoms with Crippen LogP contribution in [0.3, 0.4) is 0 Å². The predicted octanol–water partition coefficient (Wildman–Crippen LogP) is 6.11. The zero-order chi connectivity index (χ0) is 19.7. The van der Waals surface area contributed by atoms with E-state index in [0.29, 0.717) is 6.42 Å². The number of carboxylic acids is 1. The minimum absolute atomic E-state index is 0.223. The Morgan fingerprint density at radius 2 is 1.44 bits per heavy atom. The number of allylic oxidation sites excluding steroid dienone is 5. The van der Waals surface area contributed by atoms with Crippen LogP contribution in [-0.2, 0) is 9.59 Å². The molecule has 0 spiro atoms. The van der Waals surface area contributed by atoms with Crippen LogP contribution in [0, 0.1) is 10.8 Å². The van der Waals surface area contributed by atoms with Crippen molar-refractivity contribution in [2.75, 3.05) is 0 Å². The number of carbonyl (C=O) groups is 2. The molecule has 0 rings (SSSR count). The maximum Gasteiger partial charge on any atom is 0.309 e. The first-order valence-corrected chi connectivity index (χ1v) is 9.19. The molecule has 3 nitrogen and oxygen atoms in total. The maximum atomic E-state index is 11.6. The van der Waals surface area contributed by atoms with Crippen molar-refractivity contribution in [1.29, 1.82) is 0 Å². The lowest BCUT2D eigenvalue weighted by Gasteiger charge is -2.21. The van der Waals surface area contributed by atoms with Gasteiger partial charge in [-0.05, 0) is 77.4 Å². The molecule has 25 heavy (non-hydrogen) atoms. The number of Topliss-reactive ketones (excluding diaryl/α,β-unsaturated/α-hetero) is 1. The fourth-order valence-electron chi connectivity index (χ4n) is 2.67. The normalized spacial score (nSPS) is 13.7. The number of rotatable bonds is 12. The van der Waals surface area contributed by atoms with Crippen molar-refractivity contribution in [3.05, 3.63) is 36.0 Å². The van der Waals surface area contributed by atoms with Gasteiger partial charge in [-0.3, -0.25) is 9.59 Å². The summed E-state index contributed by atoms with van der Waals surface area (Å²) in [4.78, 5) is 22.9. The lowest BCUT2D eigenvalue weighted by atomic mass is 9.82. The number of aliphatic carboxylic acids is 1. The number of hydrogen-bond acceptors (Lipinski definition) is 2. The molecule has 3 heteroatoms. The van der Waals surface area contributed by atoms with Crippen molar-refractivity contribution < 1.29 is 14.7 Å². The van der Waals surface area contributed by atoms with Gasteiger partial charge in [0.15, 0.2) is 0 Å². The molecule has 0 aromatic rings. The highest BCUT2D eigenvalue weighted by Gasteiger charge is 2.26. The minimum Gasteiger partial charge on any atom is -0.481 e. The van der Waals surface area contributed by atoms with E-state index in [1.807, 2.05) is 32.9 Å². The lowest BCUT2D eigenvalue weighted by Crippen LogP contribution is -2.23. The Morgan fingerprint density at radius 3 is 1.84 bits per heavy atom. The van der Waals surface area contributed by atoms with Gasteiger partial charge in [-0.1, -0.05) is 38.7 Å². The first kappa shape index (κ1) is 23.4. The average molecular weight is 349 g/mol. The van der Waals surface area contributed by atoms with E-state index < -0.39 is 11.4 Å². The summed E-state index contributed by atoms with van der Waals surface area (Å²) >= 11 is 0. The van der Waals surface area contributed by atoms with Gasteiger partial charge in [0.2, 0.25) is 0 Å². The minimum atomic E-state index is -0.750. The molecule has 0 saturated carbocycles. The van der Waals surface area contributed by atoms with Gasteiger partial charge in [0, 0.05) is 5.41 Å². The molecule has 0 bridgehead atoms. The van der Waals surface area contributed by atoms with Gasteiger partial charge >= 0.3 is 5.97 Å². The largest absolute Gasteiger partial charge is 0.481 e. The summed E-state index contributed by atoms with van der Waals surface area (Å²) in [6.45, 7) is 15.1. The zero-order valence-electron chi connectivity index (χ0n) is 16.9. The molecule has 0 saturated heterocycles. The number of carboxylic acid groups (broad SMARTS) is 1. The molecule has 0 fully saturated rings. The molecule has 1 N–H and O–H groups in total. The third kappa shape index (κ3) is 8.33. The average Bonchev–Trinajstić information content (AvgIpc) is 2.50. The SMILES string of the molecule is C=C/C(CCCC(C)(C)C(C)=O)=C(\C=C/C)CCCC(C)(C)C(=O)O. The monoisotopic (exact) mass is 348 g/mol. The molecular formula is C22H36O3. The van der Waals surface area contributed by atoms with Crippen LogP contribution in [0.15, 0.2) is 36.0 Å². The van der Waals surface area contributed by atoms with Gasteiger partial charge in [-0.2, -0.15) is 0 Å². The van der Waals surface area contributed by atoms with Gasteiger partial charge < -0.3 is 5.11 Å². The van der Waals surface area contributed by atoms with E-state index >= 15 is 0 Å². The van der Waals surface area contributed by atoms with E-state index in [-0.39, 0.29) is 11.2 Å². The van der Waals surface area contributed by atoms with E-state index in [1.54, 1.807) is 20.8 Å². The fourth-order valence-corrected chi connectivity index (χ4v) is 2.67. The molecule has 0 unspecified atom stereocenters. The zero-order valence-corrected chi connectivity index (χ0v) is 16.9. The highest BCUT2D eigenvalue weighted by molar-refractivity contribution is 5.81. The molecule has 0 aliphatic carbocycles. The van der Waals surface area contributed by atoms with Gasteiger partial charge in [0.05, 0.1) is 5.41 Å². The van der Waals surface area contributed by atoms with Crippen LogP contribution in [0.25, 0.3) is 0 Å². The summed E-state index contributed by atoms with van der Waals surface area (Å²) < 4.78 is 0. The van der Waals surface area contributed by atoms with Crippen LogP contribution in [0.2, 0.25) is 0 Å². The predicted molar refractivity (Wildman–Crippen MR) is 106 cm³/mol. The first-order valence-electron chi connectivity index (χ1n) is 9.19. The number of hydrogen-bond donors (Lipinski definition) is 1. The molecule has 0 aromatic carbocycles. The van der Waals surface area contributed by atoms with E-state index in [4.69, 9.17) is 0 Å². The third-order valence-electron chi connectivity index (χ3n) is 5.05. The third-order valence-corrected chi connectivity index (χ3v) is 5.05. The van der Waals surface area contributed by atoms with Gasteiger partial charge in [0.1, 0.15) is 5.78 Å². The fraction of sp³-hybridized carbons (Fsp3) is 0.636. The van der Waals surface area contributed by atoms with Crippen LogP contribution in [0.4, 0.5) is 0 Å². The second-order valence-electron chi connectivity index (χ2n) is 8.09. The molecule has 0 aromatic heterocycles. The molecule has 142 valence electrons. The summed E-state index contributed by atoms with van der Waals surface area (Å²) in [6, 6.07) is 0. The molecule has 0 aliphatic heterocycles. The molecular weight excluding hydrogens is 312 g/mol. The molecule has 0 heterocycles. The van der Waals surface area contributed by atoms with Gasteiger partial charge in [-0.15, -0.1) is 0 Å². The summed E-state index contributed by atoms with van der Waals surface area (Å²) in [7, 11) is 0. The molecule has 0 aliphatic rings. The van der Waals surface area contributed by atoms with Crippen LogP contribution in [0.5, 0.6) is 0 Å². The first-order chi connectivity index (χ1) is 11.5. The number of ketones is 1. The van der Waals surface area contributed by atoms with Crippen molar-refractivity contribution in [2.45, 2.75) is 80.1 Å². The van der Waals surface area contributed by atoms with Gasteiger partial charge in [0.25, 0.3) is 0 Å². The Kier molecular flexibility index (Phi) is 9.69. The summed E-state index contributed by atoms with van der Waals surface area (Å²) in [5.41, 5.74) is 1.45. The van der Waals surface area contributed by atoms with Gasteiger partial charge in [-0.25, -0.2) is 0 Å². The van der Waals surface area contributed by atoms with Crippen LogP contribution in [0.1, 0.15) is 80.1 Å². The molecule has 0 radical (unpaired) electrons. The Bertz CT molecular complexity index is 533. The van der Waals surface area contributed by atoms with E-state index in [9.17, 15) is 14.7 Å². The van der Waals surface area contributed by atoms with Crippen molar-refractivity contribution in [3.8, 4) is 0 Å². The Balaban J connectivity index is 4.93. The van der Waals surface area contributed by atoms with Crippen molar-refractivity contribution in [2.24, 2.45) is 10.8 Å². The van der Waals surface area contributed by atoms with E-state index in [1.165, 1.54) is 11.1 Å². The van der Waals surface area contributed by atoms with Crippen LogP contribution >= 0.6 is 0 Å². The quantitative estimate of drug-likeness (QED) is 0.433. The number of carbonyl (C=O) groups excluding carboxylic acids is 1. The van der Waals surface area contributed by atoms with Crippen LogP contribution in [-0.4, -0.2) is 16.9 Å². The Morgan fingerprint density at radius 1 is 0.960 bits per heavy atom. The second-order valence-corrected chi connectivity index (χ2v) is 8.09. The standard InChI is InChI=1S/C22H36O3/c1-8-12-19(14-11-16-22(6,7)20(24)25)18(9-2)13-10-15-21(4,5)17(3)23/h8-9,12H,2,10-11,13-16H2,1,3-7H3,(H,24,25)/b12-8-,19-18-. The summed E-state index contributed by atoms with van der Waals surface area (Å²) in [5, 5.41) is 9.23. The maximum absolute atomic E-state index is 11.6. The topological polar surface area (TPSA) is 54.4 Å².